The highest BCUT2D eigenvalue weighted by Gasteiger charge is 2.31. The maximum atomic E-state index is 12.4. The number of aliphatic hydroxyl groups excluding tert-OH is 1. The number of carbonyl (C=O) groups is 3. The van der Waals surface area contributed by atoms with E-state index in [1.165, 1.54) is 42.7 Å². The third kappa shape index (κ3) is 10.3. The van der Waals surface area contributed by atoms with E-state index >= 15 is 0 Å². The summed E-state index contributed by atoms with van der Waals surface area (Å²) < 4.78 is 41.0. The average molecular weight is 585 g/mol. The number of alkyl halides is 3. The molecule has 3 aromatic carbocycles. The number of benzene rings is 3. The summed E-state index contributed by atoms with van der Waals surface area (Å²) in [4.78, 5) is 36.2. The number of nitrogens with one attached hydrogen (secondary N) is 4. The van der Waals surface area contributed by atoms with Crippen molar-refractivity contribution in [3.8, 4) is 17.6 Å². The molecule has 10 nitrogen and oxygen atoms in total. The number of halogens is 3. The Morgan fingerprint density at radius 2 is 1.57 bits per heavy atom. The van der Waals surface area contributed by atoms with Crippen LogP contribution >= 0.6 is 0 Å². The first kappa shape index (κ1) is 31.6. The lowest BCUT2D eigenvalue weighted by molar-refractivity contribution is -0.274. The smallest absolute Gasteiger partial charge is 0.406 e. The van der Waals surface area contributed by atoms with Gasteiger partial charge in [0.05, 0.1) is 12.6 Å². The van der Waals surface area contributed by atoms with Gasteiger partial charge in [0.1, 0.15) is 11.8 Å². The van der Waals surface area contributed by atoms with Crippen molar-refractivity contribution >= 4 is 23.4 Å². The molecule has 0 saturated carbocycles. The molecule has 3 aromatic rings. The van der Waals surface area contributed by atoms with Crippen molar-refractivity contribution in [1.82, 2.24) is 16.1 Å². The van der Waals surface area contributed by atoms with Gasteiger partial charge in [0.25, 0.3) is 11.8 Å². The molecule has 3 amide bonds. The van der Waals surface area contributed by atoms with Gasteiger partial charge in [-0.15, -0.1) is 13.2 Å². The fourth-order valence-electron chi connectivity index (χ4n) is 3.56. The van der Waals surface area contributed by atoms with E-state index in [4.69, 9.17) is 5.21 Å². The summed E-state index contributed by atoms with van der Waals surface area (Å²) in [6, 6.07) is 17.0. The van der Waals surface area contributed by atoms with E-state index in [1.54, 1.807) is 42.5 Å². The first-order valence-corrected chi connectivity index (χ1v) is 12.4. The average Bonchev–Trinajstić information content (AvgIpc) is 2.94. The fraction of sp³-hybridized carbons (Fsp3) is 0.207. The van der Waals surface area contributed by atoms with Crippen LogP contribution < -0.4 is 26.2 Å². The molecule has 0 spiro atoms. The summed E-state index contributed by atoms with van der Waals surface area (Å²) in [5, 5.41) is 26.3. The molecule has 0 fully saturated rings. The minimum Gasteiger partial charge on any atom is -0.406 e. The Bertz CT molecular complexity index is 1450. The van der Waals surface area contributed by atoms with Gasteiger partial charge in [-0.05, 0) is 73.2 Å². The van der Waals surface area contributed by atoms with Crippen LogP contribution in [0.1, 0.15) is 34.0 Å². The number of anilines is 1. The number of ether oxygens (including phenoxy) is 1. The van der Waals surface area contributed by atoms with E-state index in [9.17, 15) is 32.7 Å². The van der Waals surface area contributed by atoms with Crippen molar-refractivity contribution in [1.29, 1.82) is 0 Å². The van der Waals surface area contributed by atoms with Gasteiger partial charge in [-0.1, -0.05) is 24.0 Å². The van der Waals surface area contributed by atoms with E-state index < -0.39 is 30.3 Å². The molecule has 220 valence electrons. The fourth-order valence-corrected chi connectivity index (χ4v) is 3.56. The topological polar surface area (TPSA) is 149 Å². The largest absolute Gasteiger partial charge is 0.573 e. The van der Waals surface area contributed by atoms with Crippen LogP contribution in [0.3, 0.4) is 0 Å². The number of carbonyl (C=O) groups excluding carboxylic acids is 3. The molecule has 2 atom stereocenters. The van der Waals surface area contributed by atoms with Crippen LogP contribution in [-0.4, -0.2) is 53.1 Å². The Hall–Kier alpha value is -4.90. The van der Waals surface area contributed by atoms with Gasteiger partial charge in [-0.2, -0.15) is 0 Å². The molecule has 0 bridgehead atoms. The first-order chi connectivity index (χ1) is 19.9. The number of amides is 3. The second kappa shape index (κ2) is 14.6. The summed E-state index contributed by atoms with van der Waals surface area (Å²) >= 11 is 0. The molecule has 0 heterocycles. The lowest BCUT2D eigenvalue weighted by Gasteiger charge is -2.19. The summed E-state index contributed by atoms with van der Waals surface area (Å²) in [6.45, 7) is 1.38. The van der Waals surface area contributed by atoms with E-state index in [1.807, 2.05) is 0 Å². The highest BCUT2D eigenvalue weighted by molar-refractivity contribution is 5.97. The molecule has 3 rings (SSSR count). The Balaban J connectivity index is 1.48. The van der Waals surface area contributed by atoms with Gasteiger partial charge < -0.3 is 25.8 Å². The molecular formula is C29H27F3N4O6. The minimum absolute atomic E-state index is 0.0752. The molecule has 42 heavy (non-hydrogen) atoms. The van der Waals surface area contributed by atoms with Gasteiger partial charge >= 0.3 is 6.36 Å². The summed E-state index contributed by atoms with van der Waals surface area (Å²) in [7, 11) is 0. The maximum absolute atomic E-state index is 12.4. The Morgan fingerprint density at radius 1 is 0.952 bits per heavy atom. The van der Waals surface area contributed by atoms with Crippen molar-refractivity contribution in [2.75, 3.05) is 11.9 Å². The van der Waals surface area contributed by atoms with Crippen molar-refractivity contribution in [2.45, 2.75) is 32.0 Å². The third-order valence-electron chi connectivity index (χ3n) is 5.58. The quantitative estimate of drug-likeness (QED) is 0.122. The number of hydrogen-bond acceptors (Lipinski definition) is 7. The van der Waals surface area contributed by atoms with Gasteiger partial charge in [0, 0.05) is 28.9 Å². The lowest BCUT2D eigenvalue weighted by Crippen LogP contribution is -2.51. The van der Waals surface area contributed by atoms with Crippen LogP contribution in [0.25, 0.3) is 0 Å². The van der Waals surface area contributed by atoms with Crippen LogP contribution in [0.5, 0.6) is 5.75 Å². The molecule has 0 aliphatic rings. The van der Waals surface area contributed by atoms with E-state index in [0.29, 0.717) is 22.4 Å². The molecule has 0 aromatic heterocycles. The number of aliphatic hydroxyl groups is 1. The molecule has 0 aliphatic heterocycles. The third-order valence-corrected chi connectivity index (χ3v) is 5.58. The summed E-state index contributed by atoms with van der Waals surface area (Å²) in [5.41, 5.74) is 3.91. The van der Waals surface area contributed by atoms with Crippen molar-refractivity contribution in [3.05, 3.63) is 95.1 Å². The van der Waals surface area contributed by atoms with Crippen LogP contribution in [0.2, 0.25) is 0 Å². The number of rotatable bonds is 10. The van der Waals surface area contributed by atoms with Gasteiger partial charge in [-0.25, -0.2) is 5.48 Å². The molecule has 6 N–H and O–H groups in total. The summed E-state index contributed by atoms with van der Waals surface area (Å²) in [6.07, 6.45) is -6.02. The van der Waals surface area contributed by atoms with Crippen molar-refractivity contribution in [3.63, 3.8) is 0 Å². The minimum atomic E-state index is -4.78. The predicted molar refractivity (Wildman–Crippen MR) is 145 cm³/mol. The Morgan fingerprint density at radius 3 is 2.14 bits per heavy atom. The number of hydroxylamine groups is 1. The molecule has 0 saturated heterocycles. The van der Waals surface area contributed by atoms with Crippen LogP contribution in [0.15, 0.2) is 72.8 Å². The monoisotopic (exact) mass is 584 g/mol. The highest BCUT2D eigenvalue weighted by atomic mass is 19.4. The second-order valence-corrected chi connectivity index (χ2v) is 8.92. The normalized spacial score (nSPS) is 12.2. The zero-order valence-electron chi connectivity index (χ0n) is 22.2. The van der Waals surface area contributed by atoms with E-state index in [0.717, 1.165) is 0 Å². The molecular weight excluding hydrogens is 557 g/mol. The van der Waals surface area contributed by atoms with Gasteiger partial charge in [-0.3, -0.25) is 19.6 Å². The van der Waals surface area contributed by atoms with Crippen LogP contribution in [0, 0.1) is 11.8 Å². The Kier molecular flexibility index (Phi) is 11.0. The molecule has 13 heteroatoms. The maximum Gasteiger partial charge on any atom is 0.573 e. The predicted octanol–water partition coefficient (Wildman–Crippen LogP) is 2.70. The highest BCUT2D eigenvalue weighted by Crippen LogP contribution is 2.23. The Labute approximate surface area is 238 Å². The first-order valence-electron chi connectivity index (χ1n) is 12.4. The van der Waals surface area contributed by atoms with Gasteiger partial charge in [0.15, 0.2) is 0 Å². The van der Waals surface area contributed by atoms with Crippen LogP contribution in [0.4, 0.5) is 18.9 Å². The standard InChI is InChI=1S/C29H27F3N4O6/c1-18(37)26(28(40)36-41)35-27(39)22-11-7-19(8-12-22)5-6-20-9-13-23(14-10-20)34-25(38)17-33-16-21-3-2-4-24(15-21)42-29(30,31)32/h2-4,7-15,18,26,33,37,41H,16-17H2,1H3,(H,34,38)(H,35,39)(H,36,40)/t18-,26+/m1/s1. The lowest BCUT2D eigenvalue weighted by atomic mass is 10.1. The SMILES string of the molecule is C[C@@H](O)[C@H](NC(=O)c1ccc(C#Cc2ccc(NC(=O)CNCc3cccc(OC(F)(F)F)c3)cc2)cc1)C(=O)NO. The zero-order chi connectivity index (χ0) is 30.7. The molecule has 0 unspecified atom stereocenters. The van der Waals surface area contributed by atoms with Gasteiger partial charge in [0.2, 0.25) is 5.91 Å². The second-order valence-electron chi connectivity index (χ2n) is 8.92. The molecule has 0 radical (unpaired) electrons. The summed E-state index contributed by atoms with van der Waals surface area (Å²) in [5.74, 6) is 3.64. The van der Waals surface area contributed by atoms with Crippen molar-refractivity contribution < 1.29 is 42.6 Å². The molecule has 0 aliphatic carbocycles. The van der Waals surface area contributed by atoms with E-state index in [-0.39, 0.29) is 30.3 Å². The number of hydrogen-bond donors (Lipinski definition) is 6. The van der Waals surface area contributed by atoms with Crippen LogP contribution in [-0.2, 0) is 16.1 Å². The zero-order valence-corrected chi connectivity index (χ0v) is 22.2. The van der Waals surface area contributed by atoms with Crippen molar-refractivity contribution in [2.24, 2.45) is 0 Å². The van der Waals surface area contributed by atoms with E-state index in [2.05, 4.69) is 32.5 Å².